The Morgan fingerprint density at radius 1 is 1.18 bits per heavy atom. The van der Waals surface area contributed by atoms with E-state index in [0.29, 0.717) is 16.5 Å². The van der Waals surface area contributed by atoms with Crippen molar-refractivity contribution in [3.63, 3.8) is 0 Å². The second-order valence-electron chi connectivity index (χ2n) is 6.42. The minimum absolute atomic E-state index is 0.0922. The fraction of sp³-hybridized carbons (Fsp3) is 0.190. The van der Waals surface area contributed by atoms with Crippen molar-refractivity contribution in [3.05, 3.63) is 82.6 Å². The minimum atomic E-state index is -0.703. The van der Waals surface area contributed by atoms with E-state index >= 15 is 0 Å². The highest BCUT2D eigenvalue weighted by Gasteiger charge is 2.29. The van der Waals surface area contributed by atoms with Gasteiger partial charge in [-0.1, -0.05) is 18.2 Å². The van der Waals surface area contributed by atoms with E-state index in [1.165, 1.54) is 23.5 Å². The van der Waals surface area contributed by atoms with Crippen LogP contribution in [0.3, 0.4) is 0 Å². The maximum absolute atomic E-state index is 13.1. The van der Waals surface area contributed by atoms with Crippen LogP contribution in [-0.2, 0) is 19.2 Å². The molecule has 7 heteroatoms. The molecule has 0 N–H and O–H groups in total. The largest absolute Gasteiger partial charge is 0.758 e. The monoisotopic (exact) mass is 413 g/mol. The Kier molecular flexibility index (Phi) is 6.49. The molecular formula is C21H20FN3OS2. The SMILES string of the molecule is CN(C)c1cc[n+]([C@H](C(=O)c2cccs2)C([S-])=NCc2ccc(F)cc2)cc1. The summed E-state index contributed by atoms with van der Waals surface area (Å²) in [4.78, 5) is 20.2. The molecule has 0 fully saturated rings. The number of hydrogen-bond donors (Lipinski definition) is 0. The lowest BCUT2D eigenvalue weighted by Gasteiger charge is -2.19. The number of carbonyl (C=O) groups is 1. The van der Waals surface area contributed by atoms with Crippen LogP contribution in [0.25, 0.3) is 0 Å². The van der Waals surface area contributed by atoms with Crippen molar-refractivity contribution in [2.45, 2.75) is 12.6 Å². The number of benzene rings is 1. The summed E-state index contributed by atoms with van der Waals surface area (Å²) in [5, 5.41) is 2.16. The van der Waals surface area contributed by atoms with Crippen LogP contribution in [0.5, 0.6) is 0 Å². The van der Waals surface area contributed by atoms with E-state index < -0.39 is 6.04 Å². The molecule has 4 nitrogen and oxygen atoms in total. The van der Waals surface area contributed by atoms with Crippen LogP contribution in [0.1, 0.15) is 21.3 Å². The summed E-state index contributed by atoms with van der Waals surface area (Å²) in [7, 11) is 3.91. The number of Topliss-reactive ketones (excluding diaryl/α,β-unsaturated/α-hetero) is 1. The molecule has 1 aromatic carbocycles. The summed E-state index contributed by atoms with van der Waals surface area (Å²) < 4.78 is 14.9. The smallest absolute Gasteiger partial charge is 0.244 e. The molecule has 0 saturated heterocycles. The molecule has 0 amide bonds. The number of rotatable bonds is 7. The molecule has 2 aromatic heterocycles. The summed E-state index contributed by atoms with van der Waals surface area (Å²) in [5.74, 6) is -0.390. The Labute approximate surface area is 173 Å². The van der Waals surface area contributed by atoms with E-state index in [1.807, 2.05) is 55.0 Å². The van der Waals surface area contributed by atoms with Crippen molar-refractivity contribution in [1.29, 1.82) is 0 Å². The second-order valence-corrected chi connectivity index (χ2v) is 7.79. The lowest BCUT2D eigenvalue weighted by atomic mass is 10.1. The van der Waals surface area contributed by atoms with Gasteiger partial charge >= 0.3 is 0 Å². The van der Waals surface area contributed by atoms with Crippen LogP contribution < -0.4 is 9.47 Å². The zero-order chi connectivity index (χ0) is 20.1. The molecule has 0 radical (unpaired) electrons. The third kappa shape index (κ3) is 4.79. The quantitative estimate of drug-likeness (QED) is 0.194. The van der Waals surface area contributed by atoms with Crippen molar-refractivity contribution in [3.8, 4) is 0 Å². The predicted octanol–water partition coefficient (Wildman–Crippen LogP) is 3.81. The maximum atomic E-state index is 13.1. The van der Waals surface area contributed by atoms with Crippen LogP contribution >= 0.6 is 11.3 Å². The van der Waals surface area contributed by atoms with Gasteiger partial charge in [0.05, 0.1) is 11.4 Å². The van der Waals surface area contributed by atoms with Crippen LogP contribution in [-0.4, -0.2) is 24.9 Å². The van der Waals surface area contributed by atoms with Crippen molar-refractivity contribution >= 4 is 40.5 Å². The summed E-state index contributed by atoms with van der Waals surface area (Å²) in [5.41, 5.74) is 1.85. The number of ketones is 1. The zero-order valence-corrected chi connectivity index (χ0v) is 17.2. The first-order chi connectivity index (χ1) is 13.5. The molecule has 0 aliphatic rings. The van der Waals surface area contributed by atoms with Crippen molar-refractivity contribution in [2.75, 3.05) is 19.0 Å². The third-order valence-electron chi connectivity index (χ3n) is 4.23. The van der Waals surface area contributed by atoms with E-state index in [1.54, 1.807) is 22.8 Å². The fourth-order valence-corrected chi connectivity index (χ4v) is 3.66. The average Bonchev–Trinajstić information content (AvgIpc) is 3.23. The summed E-state index contributed by atoms with van der Waals surface area (Å²) in [6.07, 6.45) is 3.68. The Morgan fingerprint density at radius 3 is 2.43 bits per heavy atom. The van der Waals surface area contributed by atoms with Gasteiger partial charge in [0.15, 0.2) is 12.4 Å². The van der Waals surface area contributed by atoms with Gasteiger partial charge < -0.3 is 22.5 Å². The van der Waals surface area contributed by atoms with Crippen molar-refractivity contribution < 1.29 is 13.8 Å². The lowest BCUT2D eigenvalue weighted by Crippen LogP contribution is -2.47. The lowest BCUT2D eigenvalue weighted by molar-refractivity contribution is -0.691. The second kappa shape index (κ2) is 9.03. The Hall–Kier alpha value is -2.64. The molecule has 0 unspecified atom stereocenters. The summed E-state index contributed by atoms with van der Waals surface area (Å²) in [6.45, 7) is 0.295. The Morgan fingerprint density at radius 2 is 1.86 bits per heavy atom. The summed E-state index contributed by atoms with van der Waals surface area (Å²) >= 11 is 6.91. The molecule has 0 spiro atoms. The highest BCUT2D eigenvalue weighted by molar-refractivity contribution is 7.77. The van der Waals surface area contributed by atoms with E-state index in [2.05, 4.69) is 4.99 Å². The number of carbonyl (C=O) groups excluding carboxylic acids is 1. The number of thiophene rings is 1. The first-order valence-corrected chi connectivity index (χ1v) is 9.96. The van der Waals surface area contributed by atoms with Crippen molar-refractivity contribution in [2.24, 2.45) is 4.99 Å². The molecule has 28 heavy (non-hydrogen) atoms. The maximum Gasteiger partial charge on any atom is 0.244 e. The van der Waals surface area contributed by atoms with Crippen LogP contribution in [0.15, 0.2) is 71.3 Å². The van der Waals surface area contributed by atoms with Gasteiger partial charge in [0.2, 0.25) is 11.8 Å². The molecule has 144 valence electrons. The average molecular weight is 414 g/mol. The Balaban J connectivity index is 1.91. The van der Waals surface area contributed by atoms with E-state index in [4.69, 9.17) is 12.6 Å². The van der Waals surface area contributed by atoms with E-state index in [0.717, 1.165) is 11.3 Å². The van der Waals surface area contributed by atoms with Gasteiger partial charge in [-0.25, -0.2) is 4.39 Å². The van der Waals surface area contributed by atoms with Gasteiger partial charge in [-0.05, 0) is 34.2 Å². The number of aromatic nitrogens is 1. The number of anilines is 1. The van der Waals surface area contributed by atoms with Gasteiger partial charge in [0, 0.05) is 31.9 Å². The molecule has 3 aromatic rings. The Bertz CT molecular complexity index is 952. The first-order valence-electron chi connectivity index (χ1n) is 8.67. The normalized spacial score (nSPS) is 12.6. The van der Waals surface area contributed by atoms with Crippen LogP contribution in [0, 0.1) is 5.82 Å². The van der Waals surface area contributed by atoms with Gasteiger partial charge in [0.25, 0.3) is 0 Å². The fourth-order valence-electron chi connectivity index (χ4n) is 2.67. The number of hydrogen-bond acceptors (Lipinski definition) is 5. The standard InChI is InChI=1S/C21H20FN3OS2/c1-24(2)17-9-11-25(12-10-17)19(20(26)18-4-3-13-28-18)21(27)23-14-15-5-7-16(22)8-6-15/h3-13,19H,14H2,1-2H3/t19-/m1/s1. The molecule has 0 aliphatic carbocycles. The molecule has 1 atom stereocenters. The topological polar surface area (TPSA) is 36.5 Å². The van der Waals surface area contributed by atoms with Gasteiger partial charge in [-0.3, -0.25) is 4.79 Å². The van der Waals surface area contributed by atoms with Gasteiger partial charge in [-0.15, -0.1) is 11.3 Å². The van der Waals surface area contributed by atoms with Gasteiger partial charge in [0.1, 0.15) is 5.82 Å². The number of aliphatic imine (C=N–C) groups is 1. The number of pyridine rings is 1. The summed E-state index contributed by atoms with van der Waals surface area (Å²) in [6, 6.07) is 12.9. The zero-order valence-electron chi connectivity index (χ0n) is 15.6. The van der Waals surface area contributed by atoms with Gasteiger partial charge in [-0.2, -0.15) is 4.57 Å². The molecule has 3 rings (SSSR count). The highest BCUT2D eigenvalue weighted by Crippen LogP contribution is 2.18. The van der Waals surface area contributed by atoms with E-state index in [9.17, 15) is 9.18 Å². The molecule has 0 saturated carbocycles. The van der Waals surface area contributed by atoms with E-state index in [-0.39, 0.29) is 11.6 Å². The molecule has 0 bridgehead atoms. The number of halogens is 1. The van der Waals surface area contributed by atoms with Crippen molar-refractivity contribution in [1.82, 2.24) is 0 Å². The van der Waals surface area contributed by atoms with Crippen LogP contribution in [0.4, 0.5) is 10.1 Å². The third-order valence-corrected chi connectivity index (χ3v) is 5.46. The first kappa shape index (κ1) is 20.1. The van der Waals surface area contributed by atoms with Crippen LogP contribution in [0.2, 0.25) is 0 Å². The minimum Gasteiger partial charge on any atom is -0.758 e. The predicted molar refractivity (Wildman–Crippen MR) is 114 cm³/mol. The highest BCUT2D eigenvalue weighted by atomic mass is 32.1. The molecule has 0 aliphatic heterocycles. The molecular weight excluding hydrogens is 393 g/mol. The number of nitrogens with zero attached hydrogens (tertiary/aromatic N) is 3. The molecule has 2 heterocycles.